The van der Waals surface area contributed by atoms with Gasteiger partial charge in [0.25, 0.3) is 0 Å². The van der Waals surface area contributed by atoms with E-state index in [-0.39, 0.29) is 5.92 Å². The first-order valence-corrected chi connectivity index (χ1v) is 3.87. The normalized spacial score (nSPS) is 31.3. The van der Waals surface area contributed by atoms with E-state index in [9.17, 15) is 8.78 Å². The molecule has 0 heterocycles. The Labute approximate surface area is 65.6 Å². The van der Waals surface area contributed by atoms with Crippen LogP contribution >= 0.6 is 0 Å². The molecule has 1 rings (SSSR count). The average Bonchev–Trinajstić information content (AvgIpc) is 1.99. The molecule has 0 fully saturated rings. The highest BCUT2D eigenvalue weighted by Gasteiger charge is 2.23. The Hall–Kier alpha value is -0.660. The second-order valence-corrected chi connectivity index (χ2v) is 2.85. The summed E-state index contributed by atoms with van der Waals surface area (Å²) in [5, 5.41) is 0. The predicted octanol–water partition coefficient (Wildman–Crippen LogP) is 3.16. The van der Waals surface area contributed by atoms with Crippen LogP contribution in [0.2, 0.25) is 0 Å². The molecule has 2 heteroatoms. The van der Waals surface area contributed by atoms with Crippen LogP contribution in [0.3, 0.4) is 0 Å². The topological polar surface area (TPSA) is 0 Å². The zero-order chi connectivity index (χ0) is 8.43. The number of alkyl halides is 1. The lowest BCUT2D eigenvalue weighted by Crippen LogP contribution is -2.17. The molecule has 0 nitrogen and oxygen atoms in total. The van der Waals surface area contributed by atoms with Crippen molar-refractivity contribution in [1.82, 2.24) is 0 Å². The molecule has 0 spiro atoms. The first-order chi connectivity index (χ1) is 5.16. The van der Waals surface area contributed by atoms with E-state index in [1.54, 1.807) is 19.9 Å². The number of halogens is 2. The molecule has 0 bridgehead atoms. The van der Waals surface area contributed by atoms with Gasteiger partial charge in [-0.05, 0) is 18.1 Å². The van der Waals surface area contributed by atoms with Gasteiger partial charge in [-0.1, -0.05) is 19.9 Å². The van der Waals surface area contributed by atoms with Crippen LogP contribution in [-0.2, 0) is 0 Å². The first-order valence-electron chi connectivity index (χ1n) is 3.87. The lowest BCUT2D eigenvalue weighted by atomic mass is 9.92. The Kier molecular flexibility index (Phi) is 2.42. The van der Waals surface area contributed by atoms with E-state index < -0.39 is 12.0 Å². The van der Waals surface area contributed by atoms with E-state index in [1.807, 2.05) is 0 Å². The van der Waals surface area contributed by atoms with Crippen LogP contribution in [0.5, 0.6) is 0 Å². The fraction of sp³-hybridized carbons (Fsp3) is 0.556. The van der Waals surface area contributed by atoms with Gasteiger partial charge < -0.3 is 0 Å². The van der Waals surface area contributed by atoms with Crippen molar-refractivity contribution in [2.75, 3.05) is 0 Å². The quantitative estimate of drug-likeness (QED) is 0.549. The molecule has 0 saturated heterocycles. The van der Waals surface area contributed by atoms with E-state index in [0.29, 0.717) is 12.0 Å². The van der Waals surface area contributed by atoms with E-state index in [2.05, 4.69) is 0 Å². The molecule has 1 aliphatic rings. The highest BCUT2D eigenvalue weighted by atomic mass is 19.1. The van der Waals surface area contributed by atoms with Gasteiger partial charge >= 0.3 is 0 Å². The minimum Gasteiger partial charge on any atom is -0.242 e. The lowest BCUT2D eigenvalue weighted by Gasteiger charge is -2.19. The van der Waals surface area contributed by atoms with Gasteiger partial charge in [-0.15, -0.1) is 0 Å². The second kappa shape index (κ2) is 3.16. The van der Waals surface area contributed by atoms with E-state index in [0.717, 1.165) is 0 Å². The Morgan fingerprint density at radius 1 is 1.55 bits per heavy atom. The molecule has 0 radical (unpaired) electrons. The van der Waals surface area contributed by atoms with Crippen molar-refractivity contribution in [3.63, 3.8) is 0 Å². The third-order valence-corrected chi connectivity index (χ3v) is 2.03. The summed E-state index contributed by atoms with van der Waals surface area (Å²) in [6, 6.07) is 0. The highest BCUT2D eigenvalue weighted by molar-refractivity contribution is 5.28. The van der Waals surface area contributed by atoms with Crippen LogP contribution in [0.4, 0.5) is 8.78 Å². The summed E-state index contributed by atoms with van der Waals surface area (Å²) in [5.41, 5.74) is 0.306. The molecule has 0 aliphatic heterocycles. The van der Waals surface area contributed by atoms with E-state index in [4.69, 9.17) is 0 Å². The van der Waals surface area contributed by atoms with Gasteiger partial charge in [-0.25, -0.2) is 8.78 Å². The predicted molar refractivity (Wildman–Crippen MR) is 41.6 cm³/mol. The van der Waals surface area contributed by atoms with Gasteiger partial charge in [-0.2, -0.15) is 0 Å². The maximum atomic E-state index is 13.1. The second-order valence-electron chi connectivity index (χ2n) is 2.85. The molecule has 0 N–H and O–H groups in total. The Bertz CT molecular complexity index is 204. The van der Waals surface area contributed by atoms with Crippen molar-refractivity contribution in [3.05, 3.63) is 23.6 Å². The molecule has 0 aromatic carbocycles. The Morgan fingerprint density at radius 3 is 2.64 bits per heavy atom. The summed E-state index contributed by atoms with van der Waals surface area (Å²) in [4.78, 5) is 0. The monoisotopic (exact) mass is 158 g/mol. The highest BCUT2D eigenvalue weighted by Crippen LogP contribution is 2.29. The minimum atomic E-state index is -1.12. The summed E-state index contributed by atoms with van der Waals surface area (Å²) in [6.07, 6.45) is 2.27. The SMILES string of the molecule is CCC1=C(F)C=CC(C)C1F. The molecule has 0 amide bonds. The van der Waals surface area contributed by atoms with Crippen LogP contribution in [0.1, 0.15) is 20.3 Å². The first kappa shape index (κ1) is 8.44. The lowest BCUT2D eigenvalue weighted by molar-refractivity contribution is 0.302. The third-order valence-electron chi connectivity index (χ3n) is 2.03. The molecule has 0 aromatic heterocycles. The van der Waals surface area contributed by atoms with Gasteiger partial charge in [0.05, 0.1) is 0 Å². The summed E-state index contributed by atoms with van der Waals surface area (Å²) < 4.78 is 26.0. The molecule has 0 saturated carbocycles. The van der Waals surface area contributed by atoms with E-state index in [1.165, 1.54) is 6.08 Å². The number of allylic oxidation sites excluding steroid dienone is 4. The maximum Gasteiger partial charge on any atom is 0.130 e. The average molecular weight is 158 g/mol. The largest absolute Gasteiger partial charge is 0.242 e. The van der Waals surface area contributed by atoms with E-state index >= 15 is 0 Å². The van der Waals surface area contributed by atoms with Gasteiger partial charge in [0.1, 0.15) is 12.0 Å². The van der Waals surface area contributed by atoms with Crippen molar-refractivity contribution in [3.8, 4) is 0 Å². The van der Waals surface area contributed by atoms with Gasteiger partial charge in [-0.3, -0.25) is 0 Å². The standard InChI is InChI=1S/C9H12F2/c1-3-7-8(10)5-4-6(2)9(7)11/h4-6,9H,3H2,1-2H3. The minimum absolute atomic E-state index is 0.176. The van der Waals surface area contributed by atoms with Crippen LogP contribution in [0, 0.1) is 5.92 Å². The van der Waals surface area contributed by atoms with Crippen LogP contribution < -0.4 is 0 Å². The molecule has 11 heavy (non-hydrogen) atoms. The molecule has 62 valence electrons. The molecule has 2 unspecified atom stereocenters. The smallest absolute Gasteiger partial charge is 0.130 e. The van der Waals surface area contributed by atoms with Crippen molar-refractivity contribution in [2.24, 2.45) is 5.92 Å². The fourth-order valence-corrected chi connectivity index (χ4v) is 1.25. The van der Waals surface area contributed by atoms with Crippen molar-refractivity contribution in [1.29, 1.82) is 0 Å². The summed E-state index contributed by atoms with van der Waals surface area (Å²) >= 11 is 0. The van der Waals surface area contributed by atoms with Gasteiger partial charge in [0.2, 0.25) is 0 Å². The zero-order valence-corrected chi connectivity index (χ0v) is 6.77. The maximum absolute atomic E-state index is 13.1. The third kappa shape index (κ3) is 1.50. The molecule has 2 atom stereocenters. The zero-order valence-electron chi connectivity index (χ0n) is 6.77. The number of hydrogen-bond donors (Lipinski definition) is 0. The summed E-state index contributed by atoms with van der Waals surface area (Å²) in [7, 11) is 0. The van der Waals surface area contributed by atoms with Crippen molar-refractivity contribution < 1.29 is 8.78 Å². The molecule has 1 aliphatic carbocycles. The molecular weight excluding hydrogens is 146 g/mol. The fourth-order valence-electron chi connectivity index (χ4n) is 1.25. The Balaban J connectivity index is 2.89. The van der Waals surface area contributed by atoms with Crippen LogP contribution in [-0.4, -0.2) is 6.17 Å². The van der Waals surface area contributed by atoms with Gasteiger partial charge in [0, 0.05) is 5.92 Å². The molecular formula is C9H12F2. The molecule has 0 aromatic rings. The van der Waals surface area contributed by atoms with Gasteiger partial charge in [0.15, 0.2) is 0 Å². The van der Waals surface area contributed by atoms with Crippen LogP contribution in [0.15, 0.2) is 23.6 Å². The summed E-state index contributed by atoms with van der Waals surface area (Å²) in [5.74, 6) is -0.567. The van der Waals surface area contributed by atoms with Crippen LogP contribution in [0.25, 0.3) is 0 Å². The number of hydrogen-bond acceptors (Lipinski definition) is 0. The van der Waals surface area contributed by atoms with Crippen molar-refractivity contribution >= 4 is 0 Å². The number of rotatable bonds is 1. The summed E-state index contributed by atoms with van der Waals surface area (Å²) in [6.45, 7) is 3.52. The van der Waals surface area contributed by atoms with Crippen molar-refractivity contribution in [2.45, 2.75) is 26.4 Å². The Morgan fingerprint density at radius 2 is 2.18 bits per heavy atom.